The van der Waals surface area contributed by atoms with Gasteiger partial charge in [0.1, 0.15) is 35.7 Å². The molecule has 0 bridgehead atoms. The second-order valence-corrected chi connectivity index (χ2v) is 13.1. The van der Waals surface area contributed by atoms with Crippen LogP contribution in [0.2, 0.25) is 0 Å². The standard InChI is InChI=1S/C43H40O16/c1-23(44)54-38-39(55-24(2)45)41(56-25(3)46)43(59-40(38)42(49)51-5)58-37-35(48)34-30(47)19-29(52-21-26-12-8-6-9-13-26)20-33(34)57-36(37)28-16-17-31(32(18-28)50-4)53-22-27-14-10-7-11-15-27/h6-20,38-41,43,47H,21-22H2,1-5H3/t38-,39-,40-,41+,43+/m0/s1. The van der Waals surface area contributed by atoms with Gasteiger partial charge >= 0.3 is 23.9 Å². The van der Waals surface area contributed by atoms with Crippen LogP contribution in [-0.4, -0.2) is 73.9 Å². The minimum absolute atomic E-state index is 0.120. The fourth-order valence-corrected chi connectivity index (χ4v) is 6.33. The van der Waals surface area contributed by atoms with E-state index in [-0.39, 0.29) is 47.0 Å². The minimum Gasteiger partial charge on any atom is -0.507 e. The summed E-state index contributed by atoms with van der Waals surface area (Å²) < 4.78 is 57.4. The van der Waals surface area contributed by atoms with Gasteiger partial charge in [0.2, 0.25) is 23.6 Å². The maximum Gasteiger partial charge on any atom is 0.339 e. The molecule has 308 valence electrons. The molecule has 1 aliphatic heterocycles. The Balaban J connectivity index is 1.50. The molecule has 0 aliphatic carbocycles. The highest BCUT2D eigenvalue weighted by atomic mass is 16.7. The van der Waals surface area contributed by atoms with E-state index in [0.717, 1.165) is 39.0 Å². The molecule has 4 aromatic carbocycles. The first-order valence-corrected chi connectivity index (χ1v) is 18.1. The predicted octanol–water partition coefficient (Wildman–Crippen LogP) is 5.40. The number of benzene rings is 4. The van der Waals surface area contributed by atoms with Gasteiger partial charge in [0.15, 0.2) is 35.6 Å². The number of hydrogen-bond donors (Lipinski definition) is 1. The lowest BCUT2D eigenvalue weighted by Crippen LogP contribution is -2.64. The monoisotopic (exact) mass is 812 g/mol. The van der Waals surface area contributed by atoms with Crippen LogP contribution in [0.1, 0.15) is 31.9 Å². The summed E-state index contributed by atoms with van der Waals surface area (Å²) in [6, 6.07) is 25.9. The normalized spacial score (nSPS) is 18.6. The number of phenolic OH excluding ortho intramolecular Hbond substituents is 1. The molecule has 16 heteroatoms. The molecule has 2 heterocycles. The number of methoxy groups -OCH3 is 2. The number of hydrogen-bond acceptors (Lipinski definition) is 16. The Morgan fingerprint density at radius 2 is 1.29 bits per heavy atom. The number of carbonyl (C=O) groups excluding carboxylic acids is 4. The van der Waals surface area contributed by atoms with Crippen molar-refractivity contribution >= 4 is 34.8 Å². The molecular weight excluding hydrogens is 772 g/mol. The van der Waals surface area contributed by atoms with E-state index in [0.29, 0.717) is 5.75 Å². The first-order chi connectivity index (χ1) is 28.4. The Hall–Kier alpha value is -7.07. The van der Waals surface area contributed by atoms with E-state index in [9.17, 15) is 29.1 Å². The molecule has 1 saturated heterocycles. The van der Waals surface area contributed by atoms with E-state index < -0.39 is 71.5 Å². The molecule has 6 rings (SSSR count). The molecule has 0 spiro atoms. The Labute approximate surface area is 337 Å². The Kier molecular flexibility index (Phi) is 13.0. The van der Waals surface area contributed by atoms with Gasteiger partial charge in [-0.15, -0.1) is 0 Å². The minimum atomic E-state index is -1.94. The molecule has 1 N–H and O–H groups in total. The van der Waals surface area contributed by atoms with Gasteiger partial charge in [-0.3, -0.25) is 19.2 Å². The van der Waals surface area contributed by atoms with E-state index in [2.05, 4.69) is 0 Å². The zero-order valence-corrected chi connectivity index (χ0v) is 32.5. The summed E-state index contributed by atoms with van der Waals surface area (Å²) in [6.45, 7) is 3.43. The van der Waals surface area contributed by atoms with Crippen LogP contribution in [0.3, 0.4) is 0 Å². The van der Waals surface area contributed by atoms with Gasteiger partial charge in [-0.25, -0.2) is 4.79 Å². The van der Waals surface area contributed by atoms with Crippen molar-refractivity contribution in [2.75, 3.05) is 14.2 Å². The number of phenols is 1. The average Bonchev–Trinajstić information content (AvgIpc) is 3.21. The van der Waals surface area contributed by atoms with Gasteiger partial charge in [0.25, 0.3) is 0 Å². The van der Waals surface area contributed by atoms with Crippen molar-refractivity contribution in [1.29, 1.82) is 0 Å². The lowest BCUT2D eigenvalue weighted by atomic mass is 9.97. The first kappa shape index (κ1) is 41.6. The van der Waals surface area contributed by atoms with Gasteiger partial charge in [0, 0.05) is 38.5 Å². The maximum absolute atomic E-state index is 14.6. The molecule has 5 aromatic rings. The Morgan fingerprint density at radius 1 is 0.695 bits per heavy atom. The van der Waals surface area contributed by atoms with Crippen LogP contribution in [0.5, 0.6) is 28.7 Å². The summed E-state index contributed by atoms with van der Waals surface area (Å²) in [6.07, 6.45) is -8.97. The smallest absolute Gasteiger partial charge is 0.339 e. The maximum atomic E-state index is 14.6. The largest absolute Gasteiger partial charge is 0.507 e. The molecule has 0 radical (unpaired) electrons. The summed E-state index contributed by atoms with van der Waals surface area (Å²) in [5.74, 6) is -4.51. The number of carbonyl (C=O) groups is 4. The second kappa shape index (κ2) is 18.5. The number of fused-ring (bicyclic) bond motifs is 1. The van der Waals surface area contributed by atoms with E-state index in [1.54, 1.807) is 12.1 Å². The molecular formula is C43H40O16. The van der Waals surface area contributed by atoms with Crippen molar-refractivity contribution < 1.29 is 71.3 Å². The Bertz CT molecular complexity index is 2380. The summed E-state index contributed by atoms with van der Waals surface area (Å²) in [4.78, 5) is 64.9. The Morgan fingerprint density at radius 3 is 1.88 bits per heavy atom. The van der Waals surface area contributed by atoms with Crippen LogP contribution in [0.15, 0.2) is 100 Å². The van der Waals surface area contributed by atoms with Crippen molar-refractivity contribution in [3.8, 4) is 40.1 Å². The summed E-state index contributed by atoms with van der Waals surface area (Å²) >= 11 is 0. The lowest BCUT2D eigenvalue weighted by Gasteiger charge is -2.43. The average molecular weight is 813 g/mol. The summed E-state index contributed by atoms with van der Waals surface area (Å²) in [5, 5.41) is 10.9. The van der Waals surface area contributed by atoms with Crippen LogP contribution in [-0.2, 0) is 56.1 Å². The van der Waals surface area contributed by atoms with Crippen LogP contribution in [0.25, 0.3) is 22.3 Å². The SMILES string of the molecule is COC(=O)[C@H]1O[C@@H](Oc2c(-c3ccc(OCc4ccccc4)c(OC)c3)oc3cc(OCc4ccccc4)cc(O)c3c2=O)[C@H](OC(C)=O)[C@@H](OC(C)=O)[C@@H]1OC(C)=O. The number of esters is 4. The van der Waals surface area contributed by atoms with Crippen LogP contribution in [0, 0.1) is 0 Å². The zero-order chi connectivity index (χ0) is 42.2. The first-order valence-electron chi connectivity index (χ1n) is 18.1. The highest BCUT2D eigenvalue weighted by molar-refractivity contribution is 5.88. The topological polar surface area (TPSA) is 202 Å². The van der Waals surface area contributed by atoms with Crippen molar-refractivity contribution in [2.24, 2.45) is 0 Å². The molecule has 0 unspecified atom stereocenters. The lowest BCUT2D eigenvalue weighted by molar-refractivity contribution is -0.282. The van der Waals surface area contributed by atoms with E-state index in [4.69, 9.17) is 47.0 Å². The highest BCUT2D eigenvalue weighted by Gasteiger charge is 2.56. The molecule has 1 fully saturated rings. The van der Waals surface area contributed by atoms with Gasteiger partial charge < -0.3 is 52.2 Å². The zero-order valence-electron chi connectivity index (χ0n) is 32.5. The number of aromatic hydroxyl groups is 1. The number of rotatable bonds is 14. The summed E-state index contributed by atoms with van der Waals surface area (Å²) in [7, 11) is 2.45. The van der Waals surface area contributed by atoms with Gasteiger partial charge in [-0.05, 0) is 29.3 Å². The molecule has 1 aromatic heterocycles. The van der Waals surface area contributed by atoms with Gasteiger partial charge in [0.05, 0.1) is 14.2 Å². The van der Waals surface area contributed by atoms with Crippen molar-refractivity contribution in [1.82, 2.24) is 0 Å². The van der Waals surface area contributed by atoms with E-state index in [1.807, 2.05) is 60.7 Å². The third-order valence-electron chi connectivity index (χ3n) is 8.89. The number of ether oxygens (including phenoxy) is 9. The van der Waals surface area contributed by atoms with Gasteiger partial charge in [-0.1, -0.05) is 60.7 Å². The van der Waals surface area contributed by atoms with Crippen molar-refractivity contribution in [2.45, 2.75) is 64.7 Å². The second-order valence-electron chi connectivity index (χ2n) is 13.1. The van der Waals surface area contributed by atoms with Crippen LogP contribution < -0.4 is 24.4 Å². The molecule has 0 amide bonds. The molecule has 1 aliphatic rings. The van der Waals surface area contributed by atoms with Gasteiger partial charge in [-0.2, -0.15) is 0 Å². The van der Waals surface area contributed by atoms with Crippen molar-refractivity contribution in [3.63, 3.8) is 0 Å². The molecule has 59 heavy (non-hydrogen) atoms. The fraction of sp³-hybridized carbons (Fsp3) is 0.279. The van der Waals surface area contributed by atoms with Crippen LogP contribution >= 0.6 is 0 Å². The quantitative estimate of drug-likeness (QED) is 0.110. The molecule has 5 atom stereocenters. The molecule has 0 saturated carbocycles. The van der Waals surface area contributed by atoms with Crippen LogP contribution in [0.4, 0.5) is 0 Å². The fourth-order valence-electron chi connectivity index (χ4n) is 6.33. The van der Waals surface area contributed by atoms with E-state index in [1.165, 1.54) is 25.3 Å². The van der Waals surface area contributed by atoms with E-state index >= 15 is 0 Å². The highest BCUT2D eigenvalue weighted by Crippen LogP contribution is 2.41. The van der Waals surface area contributed by atoms with Crippen molar-refractivity contribution in [3.05, 3.63) is 112 Å². The summed E-state index contributed by atoms with van der Waals surface area (Å²) in [5.41, 5.74) is 0.857. The molecule has 16 nitrogen and oxygen atoms in total. The third-order valence-corrected chi connectivity index (χ3v) is 8.89. The third kappa shape index (κ3) is 9.73. The predicted molar refractivity (Wildman–Crippen MR) is 206 cm³/mol.